The molecule has 1 aliphatic carbocycles. The van der Waals surface area contributed by atoms with Crippen LogP contribution in [-0.2, 0) is 6.42 Å². The van der Waals surface area contributed by atoms with E-state index in [4.69, 9.17) is 0 Å². The van der Waals surface area contributed by atoms with E-state index < -0.39 is 11.5 Å². The first kappa shape index (κ1) is 21.8. The molecule has 4 rings (SSSR count). The van der Waals surface area contributed by atoms with Crippen molar-refractivity contribution in [1.29, 1.82) is 0 Å². The summed E-state index contributed by atoms with van der Waals surface area (Å²) < 4.78 is 1.42. The van der Waals surface area contributed by atoms with Gasteiger partial charge in [-0.1, -0.05) is 43.7 Å². The Bertz CT molecular complexity index is 1300. The second-order valence-electron chi connectivity index (χ2n) is 9.62. The van der Waals surface area contributed by atoms with Gasteiger partial charge >= 0.3 is 0 Å². The summed E-state index contributed by atoms with van der Waals surface area (Å²) in [6.45, 7) is 9.81. The molecule has 1 aliphatic rings. The Morgan fingerprint density at radius 2 is 1.59 bits per heavy atom. The fourth-order valence-electron chi connectivity index (χ4n) is 4.33. The lowest BCUT2D eigenvalue weighted by Gasteiger charge is -2.31. The molecular weight excluding hydrogens is 400 g/mol. The first-order valence-electron chi connectivity index (χ1n) is 10.8. The van der Waals surface area contributed by atoms with E-state index in [9.17, 15) is 14.4 Å². The number of hydrogen-bond donors (Lipinski definition) is 1. The molecule has 5 nitrogen and oxygen atoms in total. The van der Waals surface area contributed by atoms with Crippen LogP contribution in [0.4, 0.5) is 5.69 Å². The van der Waals surface area contributed by atoms with Crippen molar-refractivity contribution in [3.63, 3.8) is 0 Å². The second kappa shape index (κ2) is 7.90. The molecule has 1 aromatic heterocycles. The van der Waals surface area contributed by atoms with Gasteiger partial charge in [-0.3, -0.25) is 19.0 Å². The summed E-state index contributed by atoms with van der Waals surface area (Å²) in [5.74, 6) is -0.523. The molecule has 0 spiro atoms. The van der Waals surface area contributed by atoms with Crippen LogP contribution in [0.15, 0.2) is 53.5 Å². The predicted octanol–water partition coefficient (Wildman–Crippen LogP) is 5.17. The zero-order chi connectivity index (χ0) is 23.2. The third-order valence-corrected chi connectivity index (χ3v) is 6.09. The van der Waals surface area contributed by atoms with Crippen molar-refractivity contribution >= 4 is 17.4 Å². The third kappa shape index (κ3) is 4.03. The molecule has 0 saturated heterocycles. The summed E-state index contributed by atoms with van der Waals surface area (Å²) in [5.41, 5.74) is 4.57. The van der Waals surface area contributed by atoms with E-state index in [2.05, 4.69) is 5.32 Å². The molecule has 1 N–H and O–H groups in total. The van der Waals surface area contributed by atoms with Gasteiger partial charge in [0, 0.05) is 29.6 Å². The fraction of sp³-hybridized carbons (Fsp3) is 0.296. The van der Waals surface area contributed by atoms with Gasteiger partial charge in [0.1, 0.15) is 5.56 Å². The molecule has 1 heterocycles. The largest absolute Gasteiger partial charge is 0.322 e. The zero-order valence-electron chi connectivity index (χ0n) is 19.2. The van der Waals surface area contributed by atoms with Crippen molar-refractivity contribution in [3.05, 3.63) is 92.4 Å². The topological polar surface area (TPSA) is 68.2 Å². The molecule has 0 unspecified atom stereocenters. The maximum absolute atomic E-state index is 13.6. The second-order valence-corrected chi connectivity index (χ2v) is 9.62. The van der Waals surface area contributed by atoms with Gasteiger partial charge in [-0.05, 0) is 67.5 Å². The van der Waals surface area contributed by atoms with Crippen molar-refractivity contribution in [3.8, 4) is 5.69 Å². The van der Waals surface area contributed by atoms with Crippen LogP contribution in [0.25, 0.3) is 5.69 Å². The van der Waals surface area contributed by atoms with Crippen molar-refractivity contribution < 1.29 is 9.59 Å². The molecule has 5 heteroatoms. The molecule has 2 aromatic carbocycles. The van der Waals surface area contributed by atoms with Crippen molar-refractivity contribution in [2.24, 2.45) is 5.41 Å². The normalized spacial score (nSPS) is 14.7. The van der Waals surface area contributed by atoms with Gasteiger partial charge in [0.25, 0.3) is 11.5 Å². The number of aryl methyl sites for hydroxylation is 3. The number of rotatable bonds is 3. The smallest absolute Gasteiger partial charge is 0.268 e. The van der Waals surface area contributed by atoms with E-state index in [1.165, 1.54) is 4.57 Å². The fourth-order valence-corrected chi connectivity index (χ4v) is 4.33. The number of pyridine rings is 1. The Balaban J connectivity index is 1.92. The minimum atomic E-state index is -0.480. The van der Waals surface area contributed by atoms with E-state index >= 15 is 0 Å². The van der Waals surface area contributed by atoms with Crippen LogP contribution in [-0.4, -0.2) is 16.3 Å². The standard InChI is InChI=1S/C27H28N2O3/c1-16-7-10-19(11-8-16)29-15-21-20(13-27(4,5)14-23(21)30)24(26(29)32)25(31)28-22-12-17(2)6-9-18(22)3/h6-12,15H,13-14H2,1-5H3,(H,28,31). The quantitative estimate of drug-likeness (QED) is 0.626. The highest BCUT2D eigenvalue weighted by atomic mass is 16.2. The van der Waals surface area contributed by atoms with Crippen LogP contribution in [0.5, 0.6) is 0 Å². The summed E-state index contributed by atoms with van der Waals surface area (Å²) in [6, 6.07) is 13.3. The Hall–Kier alpha value is -3.47. The predicted molar refractivity (Wildman–Crippen MR) is 127 cm³/mol. The van der Waals surface area contributed by atoms with Gasteiger partial charge in [0.2, 0.25) is 0 Å². The van der Waals surface area contributed by atoms with E-state index in [0.717, 1.165) is 16.7 Å². The summed E-state index contributed by atoms with van der Waals surface area (Å²) in [5, 5.41) is 2.92. The average Bonchev–Trinajstić information content (AvgIpc) is 2.70. The Kier molecular flexibility index (Phi) is 5.37. The van der Waals surface area contributed by atoms with Gasteiger partial charge in [-0.25, -0.2) is 0 Å². The summed E-state index contributed by atoms with van der Waals surface area (Å²) in [4.78, 5) is 40.1. The van der Waals surface area contributed by atoms with Crippen molar-refractivity contribution in [2.75, 3.05) is 5.32 Å². The van der Waals surface area contributed by atoms with Crippen LogP contribution in [0, 0.1) is 26.2 Å². The van der Waals surface area contributed by atoms with Gasteiger partial charge in [-0.15, -0.1) is 0 Å². The van der Waals surface area contributed by atoms with E-state index in [0.29, 0.717) is 35.3 Å². The molecule has 0 fully saturated rings. The number of carbonyl (C=O) groups excluding carboxylic acids is 2. The highest BCUT2D eigenvalue weighted by Gasteiger charge is 2.36. The number of fused-ring (bicyclic) bond motifs is 1. The van der Waals surface area contributed by atoms with Crippen LogP contribution < -0.4 is 10.9 Å². The molecular formula is C27H28N2O3. The Morgan fingerprint density at radius 1 is 0.938 bits per heavy atom. The SMILES string of the molecule is Cc1ccc(-n2cc3c(c(C(=O)Nc4cc(C)ccc4C)c2=O)CC(C)(C)CC3=O)cc1. The van der Waals surface area contributed by atoms with Gasteiger partial charge in [0.15, 0.2) is 5.78 Å². The molecule has 0 saturated carbocycles. The van der Waals surface area contributed by atoms with E-state index in [1.807, 2.05) is 77.1 Å². The average molecular weight is 429 g/mol. The lowest BCUT2D eigenvalue weighted by molar-refractivity contribution is 0.0910. The first-order valence-corrected chi connectivity index (χ1v) is 10.8. The number of carbonyl (C=O) groups is 2. The van der Waals surface area contributed by atoms with Gasteiger partial charge in [0.05, 0.1) is 0 Å². The van der Waals surface area contributed by atoms with Crippen LogP contribution in [0.2, 0.25) is 0 Å². The van der Waals surface area contributed by atoms with Crippen molar-refractivity contribution in [1.82, 2.24) is 4.57 Å². The minimum absolute atomic E-state index is 0.0436. The number of hydrogen-bond acceptors (Lipinski definition) is 3. The lowest BCUT2D eigenvalue weighted by Crippen LogP contribution is -2.37. The Morgan fingerprint density at radius 3 is 2.28 bits per heavy atom. The molecule has 3 aromatic rings. The molecule has 0 atom stereocenters. The lowest BCUT2D eigenvalue weighted by atomic mass is 9.73. The van der Waals surface area contributed by atoms with Gasteiger partial charge in [-0.2, -0.15) is 0 Å². The van der Waals surface area contributed by atoms with Crippen molar-refractivity contribution in [2.45, 2.75) is 47.5 Å². The van der Waals surface area contributed by atoms with Gasteiger partial charge < -0.3 is 5.32 Å². The number of amides is 1. The number of ketones is 1. The first-order chi connectivity index (χ1) is 15.1. The minimum Gasteiger partial charge on any atom is -0.322 e. The van der Waals surface area contributed by atoms with E-state index in [1.54, 1.807) is 6.20 Å². The molecule has 0 aliphatic heterocycles. The zero-order valence-corrected chi connectivity index (χ0v) is 19.2. The molecule has 1 amide bonds. The number of Topliss-reactive ketones (excluding diaryl/α,β-unsaturated/α-hetero) is 1. The summed E-state index contributed by atoms with van der Waals surface area (Å²) in [7, 11) is 0. The number of nitrogens with one attached hydrogen (secondary N) is 1. The van der Waals surface area contributed by atoms with Crippen LogP contribution in [0.1, 0.15) is 63.2 Å². The molecule has 0 radical (unpaired) electrons. The maximum Gasteiger partial charge on any atom is 0.268 e. The number of aromatic nitrogens is 1. The van der Waals surface area contributed by atoms with E-state index in [-0.39, 0.29) is 16.8 Å². The monoisotopic (exact) mass is 428 g/mol. The molecule has 0 bridgehead atoms. The van der Waals surface area contributed by atoms with Crippen LogP contribution in [0.3, 0.4) is 0 Å². The molecule has 32 heavy (non-hydrogen) atoms. The number of anilines is 1. The maximum atomic E-state index is 13.6. The third-order valence-electron chi connectivity index (χ3n) is 6.09. The summed E-state index contributed by atoms with van der Waals surface area (Å²) in [6.07, 6.45) is 2.48. The van der Waals surface area contributed by atoms with Crippen LogP contribution >= 0.6 is 0 Å². The highest BCUT2D eigenvalue weighted by molar-refractivity contribution is 6.09. The highest BCUT2D eigenvalue weighted by Crippen LogP contribution is 2.36. The number of nitrogens with zero attached hydrogens (tertiary/aromatic N) is 1. The Labute approximate surface area is 188 Å². The molecule has 164 valence electrons. The summed E-state index contributed by atoms with van der Waals surface area (Å²) >= 11 is 0. The number of benzene rings is 2.